The number of hydrogen-bond acceptors (Lipinski definition) is 4. The first-order valence-electron chi connectivity index (χ1n) is 9.32. The molecule has 0 aliphatic heterocycles. The van der Waals surface area contributed by atoms with Crippen LogP contribution < -0.4 is 11.1 Å². The molecule has 2 aromatic rings. The maximum Gasteiger partial charge on any atom is 0.289 e. The number of nitrogens with two attached hydrogens (primary N) is 1. The molecule has 7 nitrogen and oxygen atoms in total. The minimum absolute atomic E-state index is 0.0392. The van der Waals surface area contributed by atoms with Gasteiger partial charge >= 0.3 is 0 Å². The molecule has 160 valence electrons. The van der Waals surface area contributed by atoms with Crippen LogP contribution in [0.15, 0.2) is 18.3 Å². The van der Waals surface area contributed by atoms with Crippen molar-refractivity contribution in [2.24, 2.45) is 23.5 Å². The first-order chi connectivity index (χ1) is 13.9. The Balaban J connectivity index is 1.64. The Hall–Kier alpha value is -2.98. The van der Waals surface area contributed by atoms with Gasteiger partial charge in [-0.2, -0.15) is 13.9 Å². The van der Waals surface area contributed by atoms with Crippen LogP contribution in [0.5, 0.6) is 0 Å². The number of rotatable bonds is 6. The molecule has 2 saturated carbocycles. The molecule has 0 saturated heterocycles. The first-order valence-corrected chi connectivity index (χ1v) is 9.32. The van der Waals surface area contributed by atoms with E-state index in [4.69, 9.17) is 5.73 Å². The van der Waals surface area contributed by atoms with Crippen LogP contribution in [0, 0.1) is 24.7 Å². The van der Waals surface area contributed by atoms with Gasteiger partial charge in [0, 0.05) is 42.8 Å². The third-order valence-corrected chi connectivity index (χ3v) is 5.83. The summed E-state index contributed by atoms with van der Waals surface area (Å²) >= 11 is 0. The third kappa shape index (κ3) is 3.21. The standard InChI is InChI=1S/C19H19F4N5O2/c1-8-14(17(30)26-10-3-4-25-12(6-10)16(24)29)28(27-15(8)18(2,20)21)7-9-5-11-13(9)19(11,22)23/h3-4,6,9,11,13H,5,7H2,1-2H3,(H2,24,29)(H,25,26,30). The summed E-state index contributed by atoms with van der Waals surface area (Å²) in [5, 5.41) is 6.39. The fourth-order valence-electron chi connectivity index (χ4n) is 4.27. The Kier molecular flexibility index (Phi) is 4.41. The maximum atomic E-state index is 14.0. The van der Waals surface area contributed by atoms with Crippen molar-refractivity contribution < 1.29 is 27.2 Å². The molecular formula is C19H19F4N5O2. The zero-order chi connectivity index (χ0) is 22.0. The second-order valence-electron chi connectivity index (χ2n) is 7.94. The van der Waals surface area contributed by atoms with Gasteiger partial charge in [0.25, 0.3) is 23.7 Å². The summed E-state index contributed by atoms with van der Waals surface area (Å²) < 4.78 is 56.2. The Labute approximate surface area is 168 Å². The SMILES string of the molecule is Cc1c(C(C)(F)F)nn(CC2CC3C2C3(F)F)c1C(=O)Nc1ccnc(C(N)=O)c1. The molecule has 2 amide bonds. The van der Waals surface area contributed by atoms with Gasteiger partial charge in [-0.25, -0.2) is 8.78 Å². The van der Waals surface area contributed by atoms with E-state index in [0.29, 0.717) is 6.92 Å². The second kappa shape index (κ2) is 6.51. The third-order valence-electron chi connectivity index (χ3n) is 5.83. The topological polar surface area (TPSA) is 103 Å². The van der Waals surface area contributed by atoms with Gasteiger partial charge in [-0.05, 0) is 31.4 Å². The van der Waals surface area contributed by atoms with Gasteiger partial charge in [0.2, 0.25) is 0 Å². The highest BCUT2D eigenvalue weighted by molar-refractivity contribution is 6.04. The summed E-state index contributed by atoms with van der Waals surface area (Å²) in [4.78, 5) is 27.9. The molecular weight excluding hydrogens is 406 g/mol. The van der Waals surface area contributed by atoms with Crippen molar-refractivity contribution in [1.82, 2.24) is 14.8 Å². The predicted octanol–water partition coefficient (Wildman–Crippen LogP) is 2.95. The number of primary amides is 1. The number of carbonyl (C=O) groups is 2. The number of fused-ring (bicyclic) bond motifs is 1. The summed E-state index contributed by atoms with van der Waals surface area (Å²) in [5.41, 5.74) is 4.49. The van der Waals surface area contributed by atoms with E-state index >= 15 is 0 Å². The highest BCUT2D eigenvalue weighted by atomic mass is 19.3. The quantitative estimate of drug-likeness (QED) is 0.695. The van der Waals surface area contributed by atoms with Gasteiger partial charge in [0.05, 0.1) is 0 Å². The van der Waals surface area contributed by atoms with Gasteiger partial charge in [-0.3, -0.25) is 19.3 Å². The number of alkyl halides is 4. The minimum Gasteiger partial charge on any atom is -0.364 e. The summed E-state index contributed by atoms with van der Waals surface area (Å²) in [6.45, 7) is 1.94. The van der Waals surface area contributed by atoms with Crippen molar-refractivity contribution in [3.8, 4) is 0 Å². The van der Waals surface area contributed by atoms with Gasteiger partial charge in [0.1, 0.15) is 17.1 Å². The number of carbonyl (C=O) groups excluding carboxylic acids is 2. The van der Waals surface area contributed by atoms with Crippen LogP contribution in [0.3, 0.4) is 0 Å². The van der Waals surface area contributed by atoms with Crippen LogP contribution in [-0.4, -0.2) is 32.5 Å². The molecule has 0 radical (unpaired) electrons. The van der Waals surface area contributed by atoms with Gasteiger partial charge in [-0.15, -0.1) is 0 Å². The summed E-state index contributed by atoms with van der Waals surface area (Å²) in [5.74, 6) is -9.48. The summed E-state index contributed by atoms with van der Waals surface area (Å²) in [7, 11) is 0. The molecule has 0 spiro atoms. The molecule has 2 aromatic heterocycles. The number of anilines is 1. The van der Waals surface area contributed by atoms with E-state index in [1.165, 1.54) is 25.3 Å². The van der Waals surface area contributed by atoms with Crippen molar-refractivity contribution in [2.75, 3.05) is 5.32 Å². The van der Waals surface area contributed by atoms with Crippen LogP contribution in [0.2, 0.25) is 0 Å². The van der Waals surface area contributed by atoms with E-state index in [1.807, 2.05) is 0 Å². The normalized spacial score (nSPS) is 24.0. The summed E-state index contributed by atoms with van der Waals surface area (Å²) in [6, 6.07) is 2.64. The van der Waals surface area contributed by atoms with E-state index < -0.39 is 47.1 Å². The van der Waals surface area contributed by atoms with E-state index in [9.17, 15) is 27.2 Å². The zero-order valence-electron chi connectivity index (χ0n) is 16.1. The lowest BCUT2D eigenvalue weighted by atomic mass is 9.85. The van der Waals surface area contributed by atoms with Crippen molar-refractivity contribution in [3.63, 3.8) is 0 Å². The molecule has 3 atom stereocenters. The fourth-order valence-corrected chi connectivity index (χ4v) is 4.27. The van der Waals surface area contributed by atoms with Gasteiger partial charge in [-0.1, -0.05) is 0 Å². The maximum absolute atomic E-state index is 14.0. The van der Waals surface area contributed by atoms with E-state index in [0.717, 1.165) is 4.68 Å². The lowest BCUT2D eigenvalue weighted by Gasteiger charge is -2.23. The highest BCUT2D eigenvalue weighted by Gasteiger charge is 2.77. The molecule has 30 heavy (non-hydrogen) atoms. The van der Waals surface area contributed by atoms with Crippen LogP contribution >= 0.6 is 0 Å². The Morgan fingerprint density at radius 2 is 2.10 bits per heavy atom. The molecule has 2 fully saturated rings. The van der Waals surface area contributed by atoms with Crippen molar-refractivity contribution >= 4 is 17.5 Å². The molecule has 0 bridgehead atoms. The highest BCUT2D eigenvalue weighted by Crippen LogP contribution is 2.70. The van der Waals surface area contributed by atoms with Crippen molar-refractivity contribution in [1.29, 1.82) is 0 Å². The average Bonchev–Trinajstić information content (AvgIpc) is 2.88. The molecule has 3 unspecified atom stereocenters. The number of halogens is 4. The first kappa shape index (κ1) is 20.3. The number of aromatic nitrogens is 3. The largest absolute Gasteiger partial charge is 0.364 e. The molecule has 0 aromatic carbocycles. The van der Waals surface area contributed by atoms with Crippen molar-refractivity contribution in [2.45, 2.75) is 38.7 Å². The van der Waals surface area contributed by atoms with Crippen LogP contribution in [0.4, 0.5) is 23.2 Å². The van der Waals surface area contributed by atoms with Crippen molar-refractivity contribution in [3.05, 3.63) is 41.0 Å². The van der Waals surface area contributed by atoms with Gasteiger partial charge < -0.3 is 11.1 Å². The predicted molar refractivity (Wildman–Crippen MR) is 97.3 cm³/mol. The lowest BCUT2D eigenvalue weighted by molar-refractivity contribution is 0.0112. The smallest absolute Gasteiger partial charge is 0.289 e. The summed E-state index contributed by atoms with van der Waals surface area (Å²) in [6.07, 6.45) is 1.52. The molecule has 11 heteroatoms. The van der Waals surface area contributed by atoms with E-state index in [1.54, 1.807) is 0 Å². The number of nitrogens with zero attached hydrogens (tertiary/aromatic N) is 3. The Morgan fingerprint density at radius 1 is 1.40 bits per heavy atom. The monoisotopic (exact) mass is 425 g/mol. The van der Waals surface area contributed by atoms with Crippen LogP contribution in [0.1, 0.15) is 45.6 Å². The molecule has 2 heterocycles. The van der Waals surface area contributed by atoms with Gasteiger partial charge in [0.15, 0.2) is 0 Å². The van der Waals surface area contributed by atoms with Crippen LogP contribution in [0.25, 0.3) is 0 Å². The number of nitrogens with one attached hydrogen (secondary N) is 1. The van der Waals surface area contributed by atoms with E-state index in [2.05, 4.69) is 15.4 Å². The molecule has 4 rings (SSSR count). The fraction of sp³-hybridized carbons (Fsp3) is 0.474. The second-order valence-corrected chi connectivity index (χ2v) is 7.94. The molecule has 3 N–H and O–H groups in total. The van der Waals surface area contributed by atoms with E-state index in [-0.39, 0.29) is 35.6 Å². The molecule has 2 aliphatic rings. The van der Waals surface area contributed by atoms with Crippen LogP contribution in [-0.2, 0) is 12.5 Å². The zero-order valence-corrected chi connectivity index (χ0v) is 16.1. The number of pyridine rings is 1. The lowest BCUT2D eigenvalue weighted by Crippen LogP contribution is -2.26. The Morgan fingerprint density at radius 3 is 2.63 bits per heavy atom. The average molecular weight is 425 g/mol. The Bertz CT molecular complexity index is 1050. The minimum atomic E-state index is -3.31. The molecule has 2 aliphatic carbocycles. The number of amides is 2. The number of hydrogen-bond donors (Lipinski definition) is 2.